The van der Waals surface area contributed by atoms with Gasteiger partial charge in [0.15, 0.2) is 0 Å². The van der Waals surface area contributed by atoms with Gasteiger partial charge in [0.05, 0.1) is 41.0 Å². The summed E-state index contributed by atoms with van der Waals surface area (Å²) in [5.41, 5.74) is 2.07. The van der Waals surface area contributed by atoms with Crippen LogP contribution < -0.4 is 0 Å². The first-order chi connectivity index (χ1) is 11.5. The summed E-state index contributed by atoms with van der Waals surface area (Å²) in [5.74, 6) is -1.05. The molecule has 6 nitrogen and oxygen atoms in total. The minimum absolute atomic E-state index is 0.0989. The van der Waals surface area contributed by atoms with Crippen LogP contribution in [0, 0.1) is 6.92 Å². The molecule has 0 aromatic carbocycles. The van der Waals surface area contributed by atoms with Crippen molar-refractivity contribution in [1.82, 2.24) is 9.88 Å². The minimum Gasteiger partial charge on any atom is -0.481 e. The van der Waals surface area contributed by atoms with Gasteiger partial charge < -0.3 is 14.7 Å². The number of hydrogen-bond donors (Lipinski definition) is 1. The highest BCUT2D eigenvalue weighted by Gasteiger charge is 2.27. The fraction of sp³-hybridized carbons (Fsp3) is 0.353. The van der Waals surface area contributed by atoms with E-state index >= 15 is 0 Å². The summed E-state index contributed by atoms with van der Waals surface area (Å²) in [6.45, 7) is 2.92. The van der Waals surface area contributed by atoms with Crippen LogP contribution in [-0.4, -0.2) is 52.7 Å². The Morgan fingerprint density at radius 1 is 1.42 bits per heavy atom. The van der Waals surface area contributed by atoms with E-state index in [0.717, 1.165) is 10.6 Å². The largest absolute Gasteiger partial charge is 0.481 e. The second-order valence-electron chi connectivity index (χ2n) is 5.65. The molecule has 1 aliphatic heterocycles. The van der Waals surface area contributed by atoms with Gasteiger partial charge in [-0.3, -0.25) is 14.6 Å². The maximum absolute atomic E-state index is 12.7. The fourth-order valence-corrected chi connectivity index (χ4v) is 3.44. The second kappa shape index (κ2) is 7.11. The number of aryl methyl sites for hydroxylation is 1. The Morgan fingerprint density at radius 2 is 2.25 bits per heavy atom. The van der Waals surface area contributed by atoms with Crippen molar-refractivity contribution in [3.05, 3.63) is 40.9 Å². The molecule has 24 heavy (non-hydrogen) atoms. The van der Waals surface area contributed by atoms with Crippen LogP contribution in [0.4, 0.5) is 0 Å². The fourth-order valence-electron chi connectivity index (χ4n) is 2.74. The number of carbonyl (C=O) groups excluding carboxylic acids is 1. The molecule has 1 unspecified atom stereocenters. The maximum Gasteiger partial charge on any atom is 0.306 e. The van der Waals surface area contributed by atoms with Crippen LogP contribution in [0.15, 0.2) is 29.6 Å². The molecule has 7 heteroatoms. The number of aromatic nitrogens is 1. The summed E-state index contributed by atoms with van der Waals surface area (Å²) in [6, 6.07) is 7.60. The first-order valence-corrected chi connectivity index (χ1v) is 8.57. The van der Waals surface area contributed by atoms with Crippen molar-refractivity contribution < 1.29 is 19.4 Å². The lowest BCUT2D eigenvalue weighted by atomic mass is 10.1. The molecule has 0 radical (unpaired) electrons. The van der Waals surface area contributed by atoms with Gasteiger partial charge in [0.25, 0.3) is 5.91 Å². The van der Waals surface area contributed by atoms with Crippen LogP contribution in [0.5, 0.6) is 0 Å². The zero-order valence-electron chi connectivity index (χ0n) is 13.3. The highest BCUT2D eigenvalue weighted by Crippen LogP contribution is 2.24. The Hall–Kier alpha value is -2.25. The number of hydrogen-bond acceptors (Lipinski definition) is 5. The van der Waals surface area contributed by atoms with E-state index in [-0.39, 0.29) is 18.9 Å². The number of aliphatic carboxylic acids is 1. The highest BCUT2D eigenvalue weighted by atomic mass is 32.1. The molecule has 1 amide bonds. The van der Waals surface area contributed by atoms with Gasteiger partial charge in [-0.15, -0.1) is 11.3 Å². The van der Waals surface area contributed by atoms with Gasteiger partial charge in [0, 0.05) is 13.1 Å². The first-order valence-electron chi connectivity index (χ1n) is 7.69. The predicted octanol–water partition coefficient (Wildman–Crippen LogP) is 2.43. The number of pyridine rings is 1. The van der Waals surface area contributed by atoms with E-state index in [1.54, 1.807) is 22.3 Å². The Morgan fingerprint density at radius 3 is 2.92 bits per heavy atom. The van der Waals surface area contributed by atoms with Crippen LogP contribution in [-0.2, 0) is 9.53 Å². The summed E-state index contributed by atoms with van der Waals surface area (Å²) < 4.78 is 5.41. The molecule has 2 aromatic rings. The average Bonchev–Trinajstić information content (AvgIpc) is 3.08. The zero-order chi connectivity index (χ0) is 17.1. The van der Waals surface area contributed by atoms with Crippen molar-refractivity contribution in [1.29, 1.82) is 0 Å². The standard InChI is InChI=1S/C17H18N2O4S/c1-11-13(4-5-14(18-11)15-3-2-8-24-15)17(22)19-6-7-23-12(10-19)9-16(20)21/h2-5,8,12H,6-7,9-10H2,1H3,(H,20,21). The molecule has 2 aromatic heterocycles. The molecule has 3 heterocycles. The molecular formula is C17H18N2O4S. The molecule has 1 saturated heterocycles. The van der Waals surface area contributed by atoms with Gasteiger partial charge in [-0.2, -0.15) is 0 Å². The molecule has 126 valence electrons. The Bertz CT molecular complexity index is 745. The zero-order valence-corrected chi connectivity index (χ0v) is 14.1. The first kappa shape index (κ1) is 16.6. The molecule has 0 aliphatic carbocycles. The van der Waals surface area contributed by atoms with E-state index < -0.39 is 12.1 Å². The van der Waals surface area contributed by atoms with Crippen molar-refractivity contribution in [2.45, 2.75) is 19.4 Å². The van der Waals surface area contributed by atoms with Crippen molar-refractivity contribution in [3.63, 3.8) is 0 Å². The van der Waals surface area contributed by atoms with Crippen molar-refractivity contribution in [2.75, 3.05) is 19.7 Å². The van der Waals surface area contributed by atoms with E-state index in [2.05, 4.69) is 4.98 Å². The number of thiophene rings is 1. The number of morpholine rings is 1. The number of nitrogens with zero attached hydrogens (tertiary/aromatic N) is 2. The number of amides is 1. The van der Waals surface area contributed by atoms with E-state index in [9.17, 15) is 9.59 Å². The number of ether oxygens (including phenoxy) is 1. The van der Waals surface area contributed by atoms with Crippen LogP contribution in [0.1, 0.15) is 22.5 Å². The second-order valence-corrected chi connectivity index (χ2v) is 6.60. The SMILES string of the molecule is Cc1nc(-c2cccs2)ccc1C(=O)N1CCOC(CC(=O)O)C1. The highest BCUT2D eigenvalue weighted by molar-refractivity contribution is 7.13. The van der Waals surface area contributed by atoms with Crippen molar-refractivity contribution in [2.24, 2.45) is 0 Å². The normalized spacial score (nSPS) is 17.7. The van der Waals surface area contributed by atoms with Gasteiger partial charge in [0.2, 0.25) is 0 Å². The lowest BCUT2D eigenvalue weighted by molar-refractivity contribution is -0.141. The summed E-state index contributed by atoms with van der Waals surface area (Å²) >= 11 is 1.60. The summed E-state index contributed by atoms with van der Waals surface area (Å²) in [5, 5.41) is 10.9. The molecule has 1 N–H and O–H groups in total. The van der Waals surface area contributed by atoms with Crippen LogP contribution in [0.3, 0.4) is 0 Å². The molecule has 1 atom stereocenters. The van der Waals surface area contributed by atoms with E-state index in [1.807, 2.05) is 30.5 Å². The third-order valence-electron chi connectivity index (χ3n) is 3.92. The molecule has 1 aliphatic rings. The monoisotopic (exact) mass is 346 g/mol. The lowest BCUT2D eigenvalue weighted by Crippen LogP contribution is -2.46. The van der Waals surface area contributed by atoms with Gasteiger partial charge in [-0.1, -0.05) is 6.07 Å². The van der Waals surface area contributed by atoms with Gasteiger partial charge in [0.1, 0.15) is 0 Å². The van der Waals surface area contributed by atoms with Crippen LogP contribution in [0.2, 0.25) is 0 Å². The maximum atomic E-state index is 12.7. The summed E-state index contributed by atoms with van der Waals surface area (Å²) in [4.78, 5) is 30.8. The smallest absolute Gasteiger partial charge is 0.306 e. The Labute approximate surface area is 143 Å². The number of carboxylic acids is 1. The summed E-state index contributed by atoms with van der Waals surface area (Å²) in [6.07, 6.45) is -0.558. The molecular weight excluding hydrogens is 328 g/mol. The third kappa shape index (κ3) is 3.63. The van der Waals surface area contributed by atoms with Crippen LogP contribution >= 0.6 is 11.3 Å². The third-order valence-corrected chi connectivity index (χ3v) is 4.81. The number of rotatable bonds is 4. The van der Waals surface area contributed by atoms with E-state index in [1.165, 1.54) is 0 Å². The Balaban J connectivity index is 1.76. The Kier molecular flexibility index (Phi) is 4.92. The van der Waals surface area contributed by atoms with Gasteiger partial charge in [-0.05, 0) is 30.5 Å². The number of carbonyl (C=O) groups is 2. The molecule has 0 bridgehead atoms. The minimum atomic E-state index is -0.924. The summed E-state index contributed by atoms with van der Waals surface area (Å²) in [7, 11) is 0. The lowest BCUT2D eigenvalue weighted by Gasteiger charge is -2.32. The molecule has 3 rings (SSSR count). The van der Waals surface area contributed by atoms with E-state index in [4.69, 9.17) is 9.84 Å². The molecule has 0 spiro atoms. The average molecular weight is 346 g/mol. The van der Waals surface area contributed by atoms with Crippen molar-refractivity contribution in [3.8, 4) is 10.6 Å². The van der Waals surface area contributed by atoms with Gasteiger partial charge >= 0.3 is 5.97 Å². The molecule has 0 saturated carbocycles. The van der Waals surface area contributed by atoms with Crippen LogP contribution in [0.25, 0.3) is 10.6 Å². The van der Waals surface area contributed by atoms with Crippen molar-refractivity contribution >= 4 is 23.2 Å². The molecule has 1 fully saturated rings. The number of carboxylic acid groups (broad SMARTS) is 1. The van der Waals surface area contributed by atoms with Gasteiger partial charge in [-0.25, -0.2) is 0 Å². The van der Waals surface area contributed by atoms with E-state index in [0.29, 0.717) is 24.4 Å². The topological polar surface area (TPSA) is 79.7 Å². The quantitative estimate of drug-likeness (QED) is 0.920. The predicted molar refractivity (Wildman–Crippen MR) is 90.2 cm³/mol.